The highest BCUT2D eigenvalue weighted by molar-refractivity contribution is 6.37. The van der Waals surface area contributed by atoms with E-state index < -0.39 is 52.9 Å². The van der Waals surface area contributed by atoms with Crippen LogP contribution in [0.2, 0.25) is 5.02 Å². The molecule has 2 heterocycles. The number of anilines is 1. The molecule has 2 amide bonds. The van der Waals surface area contributed by atoms with Gasteiger partial charge in [-0.15, -0.1) is 0 Å². The number of imide groups is 1. The monoisotopic (exact) mass is 529 g/mol. The van der Waals surface area contributed by atoms with Crippen LogP contribution in [-0.2, 0) is 19.1 Å². The Kier molecular flexibility index (Phi) is 5.55. The number of rotatable bonds is 4. The van der Waals surface area contributed by atoms with Crippen molar-refractivity contribution < 1.29 is 33.4 Å². The first-order chi connectivity index (χ1) is 18.3. The molecule has 2 fully saturated rings. The molecular weight excluding hydrogens is 510 g/mol. The smallest absolute Gasteiger partial charge is 0.338 e. The molecule has 2 aliphatic heterocycles. The summed E-state index contributed by atoms with van der Waals surface area (Å²) in [5, 5.41) is 0.374. The minimum Gasteiger partial charge on any atom is -0.462 e. The van der Waals surface area contributed by atoms with Crippen LogP contribution in [0.25, 0.3) is 0 Å². The van der Waals surface area contributed by atoms with Crippen LogP contribution in [0, 0.1) is 11.8 Å². The van der Waals surface area contributed by atoms with E-state index in [2.05, 4.69) is 0 Å². The van der Waals surface area contributed by atoms with Crippen molar-refractivity contribution in [3.63, 3.8) is 0 Å². The van der Waals surface area contributed by atoms with Crippen molar-refractivity contribution in [2.24, 2.45) is 11.8 Å². The first kappa shape index (κ1) is 24.2. The molecule has 0 aromatic heterocycles. The van der Waals surface area contributed by atoms with E-state index in [1.807, 2.05) is 0 Å². The van der Waals surface area contributed by atoms with Crippen LogP contribution in [0.1, 0.15) is 49.7 Å². The van der Waals surface area contributed by atoms with Crippen LogP contribution in [0.4, 0.5) is 5.69 Å². The maximum atomic E-state index is 14.0. The summed E-state index contributed by atoms with van der Waals surface area (Å²) >= 11 is 6.21. The second kappa shape index (κ2) is 8.72. The van der Waals surface area contributed by atoms with Crippen molar-refractivity contribution in [1.82, 2.24) is 0 Å². The number of halogens is 1. The van der Waals surface area contributed by atoms with E-state index in [9.17, 15) is 24.0 Å². The molecule has 1 aliphatic carbocycles. The third-order valence-corrected chi connectivity index (χ3v) is 7.57. The molecule has 9 heteroatoms. The van der Waals surface area contributed by atoms with Crippen molar-refractivity contribution in [2.45, 2.75) is 18.6 Å². The number of hydrogen-bond donors (Lipinski definition) is 0. The summed E-state index contributed by atoms with van der Waals surface area (Å²) in [5.41, 5.74) is -0.934. The van der Waals surface area contributed by atoms with E-state index in [-0.39, 0.29) is 29.0 Å². The van der Waals surface area contributed by atoms with Crippen molar-refractivity contribution in [1.29, 1.82) is 0 Å². The van der Waals surface area contributed by atoms with Gasteiger partial charge in [-0.1, -0.05) is 48.0 Å². The number of fused-ring (bicyclic) bond motifs is 3. The van der Waals surface area contributed by atoms with Gasteiger partial charge in [0.1, 0.15) is 0 Å². The highest BCUT2D eigenvalue weighted by Gasteiger charge is 2.74. The zero-order chi connectivity index (χ0) is 26.8. The zero-order valence-electron chi connectivity index (χ0n) is 20.1. The lowest BCUT2D eigenvalue weighted by atomic mass is 9.77. The lowest BCUT2D eigenvalue weighted by molar-refractivity contribution is -0.127. The molecule has 0 unspecified atom stereocenters. The molecule has 6 rings (SSSR count). The Balaban J connectivity index is 1.47. The van der Waals surface area contributed by atoms with E-state index in [0.717, 1.165) is 4.90 Å². The molecular formula is C29H20ClNO7. The molecule has 0 N–H and O–H groups in total. The number of carbonyl (C=O) groups excluding carboxylic acids is 5. The Morgan fingerprint density at radius 3 is 2.18 bits per heavy atom. The number of amides is 2. The summed E-state index contributed by atoms with van der Waals surface area (Å²) in [4.78, 5) is 68.5. The van der Waals surface area contributed by atoms with Crippen LogP contribution in [0.5, 0.6) is 0 Å². The number of nitrogens with zero attached hydrogens (tertiary/aromatic N) is 1. The van der Waals surface area contributed by atoms with E-state index in [1.54, 1.807) is 43.3 Å². The third-order valence-electron chi connectivity index (χ3n) is 7.33. The summed E-state index contributed by atoms with van der Waals surface area (Å²) in [6.07, 6.45) is -1.07. The fourth-order valence-electron chi connectivity index (χ4n) is 5.72. The Labute approximate surface area is 222 Å². The second-order valence-corrected chi connectivity index (χ2v) is 9.75. The van der Waals surface area contributed by atoms with Crippen LogP contribution in [0.15, 0.2) is 72.8 Å². The zero-order valence-corrected chi connectivity index (χ0v) is 20.8. The minimum atomic E-state index is -2.17. The average Bonchev–Trinajstić information content (AvgIpc) is 3.49. The van der Waals surface area contributed by atoms with E-state index >= 15 is 0 Å². The predicted octanol–water partition coefficient (Wildman–Crippen LogP) is 4.21. The maximum absolute atomic E-state index is 14.0. The number of hydrogen-bond acceptors (Lipinski definition) is 7. The largest absolute Gasteiger partial charge is 0.462 e. The molecule has 3 aromatic rings. The summed E-state index contributed by atoms with van der Waals surface area (Å²) in [5.74, 6) is -5.67. The second-order valence-electron chi connectivity index (χ2n) is 9.32. The van der Waals surface area contributed by atoms with Crippen molar-refractivity contribution in [3.05, 3.63) is 100 Å². The molecule has 38 heavy (non-hydrogen) atoms. The lowest BCUT2D eigenvalue weighted by Gasteiger charge is -2.27. The molecule has 2 saturated heterocycles. The number of esters is 1. The Morgan fingerprint density at radius 2 is 1.58 bits per heavy atom. The highest BCUT2D eigenvalue weighted by Crippen LogP contribution is 2.57. The predicted molar refractivity (Wildman–Crippen MR) is 135 cm³/mol. The molecule has 3 aromatic carbocycles. The standard InChI is InChI=1S/C29H20ClNO7/c1-2-37-28(36)15-10-12-18(13-11-15)31-26(34)21-22(27(31)35)29(38-23(21)16-6-5-7-17(30)14-16)24(32)19-8-3-4-9-20(19)25(29)33/h3-14,21-23H,2H2,1H3/t21-,22+,23-/m1/s1. The van der Waals surface area contributed by atoms with Gasteiger partial charge >= 0.3 is 5.97 Å². The number of ketones is 2. The van der Waals surface area contributed by atoms with Crippen LogP contribution in [0.3, 0.4) is 0 Å². The maximum Gasteiger partial charge on any atom is 0.338 e. The Morgan fingerprint density at radius 1 is 0.921 bits per heavy atom. The van der Waals surface area contributed by atoms with Crippen LogP contribution >= 0.6 is 11.6 Å². The lowest BCUT2D eigenvalue weighted by Crippen LogP contribution is -2.51. The number of carbonyl (C=O) groups is 5. The Bertz CT molecular complexity index is 1510. The SMILES string of the molecule is CCOC(=O)c1ccc(N2C(=O)[C@H]3[C@@H](c4cccc(Cl)c4)OC4(C(=O)c5ccccc5C4=O)[C@@H]3C2=O)cc1. The quantitative estimate of drug-likeness (QED) is 0.283. The fourth-order valence-corrected chi connectivity index (χ4v) is 5.92. The van der Waals surface area contributed by atoms with Gasteiger partial charge in [0, 0.05) is 16.1 Å². The van der Waals surface area contributed by atoms with Gasteiger partial charge in [0.15, 0.2) is 0 Å². The molecule has 3 atom stereocenters. The van der Waals surface area contributed by atoms with Crippen molar-refractivity contribution >= 4 is 46.6 Å². The minimum absolute atomic E-state index is 0.153. The molecule has 0 saturated carbocycles. The van der Waals surface area contributed by atoms with E-state index in [4.69, 9.17) is 21.1 Å². The summed E-state index contributed by atoms with van der Waals surface area (Å²) in [7, 11) is 0. The number of benzene rings is 3. The van der Waals surface area contributed by atoms with Crippen molar-refractivity contribution in [2.75, 3.05) is 11.5 Å². The van der Waals surface area contributed by atoms with Crippen molar-refractivity contribution in [3.8, 4) is 0 Å². The average molecular weight is 530 g/mol. The Hall–Kier alpha value is -4.14. The van der Waals surface area contributed by atoms with Gasteiger partial charge in [0.25, 0.3) is 0 Å². The molecule has 0 bridgehead atoms. The number of Topliss-reactive ketones (excluding diaryl/α,β-unsaturated/α-hetero) is 2. The van der Waals surface area contributed by atoms with Gasteiger partial charge in [-0.2, -0.15) is 0 Å². The van der Waals surface area contributed by atoms with Gasteiger partial charge in [0.2, 0.25) is 29.0 Å². The molecule has 8 nitrogen and oxygen atoms in total. The van der Waals surface area contributed by atoms with Gasteiger partial charge in [0.05, 0.1) is 35.8 Å². The van der Waals surface area contributed by atoms with Gasteiger partial charge in [-0.25, -0.2) is 9.69 Å². The van der Waals surface area contributed by atoms with Gasteiger partial charge < -0.3 is 9.47 Å². The highest BCUT2D eigenvalue weighted by atomic mass is 35.5. The first-order valence-corrected chi connectivity index (χ1v) is 12.4. The van der Waals surface area contributed by atoms with Gasteiger partial charge in [-0.3, -0.25) is 19.2 Å². The van der Waals surface area contributed by atoms with Crippen LogP contribution in [-0.4, -0.2) is 41.6 Å². The third kappa shape index (κ3) is 3.23. The van der Waals surface area contributed by atoms with Crippen LogP contribution < -0.4 is 4.90 Å². The normalized spacial score (nSPS) is 23.2. The van der Waals surface area contributed by atoms with E-state index in [1.165, 1.54) is 36.4 Å². The summed E-state index contributed by atoms with van der Waals surface area (Å²) in [6, 6.07) is 18.7. The molecule has 1 spiro atoms. The summed E-state index contributed by atoms with van der Waals surface area (Å²) < 4.78 is 11.2. The molecule has 3 aliphatic rings. The molecule has 0 radical (unpaired) electrons. The molecule has 190 valence electrons. The van der Waals surface area contributed by atoms with Gasteiger partial charge in [-0.05, 0) is 48.9 Å². The summed E-state index contributed by atoms with van der Waals surface area (Å²) in [6.45, 7) is 1.88. The number of ether oxygens (including phenoxy) is 2. The fraction of sp³-hybridized carbons (Fsp3) is 0.207. The topological polar surface area (TPSA) is 107 Å². The van der Waals surface area contributed by atoms with E-state index in [0.29, 0.717) is 10.6 Å². The first-order valence-electron chi connectivity index (χ1n) is 12.1.